The highest BCUT2D eigenvalue weighted by Crippen LogP contribution is 2.15. The van der Waals surface area contributed by atoms with Gasteiger partial charge in [0.25, 0.3) is 5.56 Å². The summed E-state index contributed by atoms with van der Waals surface area (Å²) >= 11 is 0. The van der Waals surface area contributed by atoms with Gasteiger partial charge in [-0.3, -0.25) is 14.2 Å². The lowest BCUT2D eigenvalue weighted by molar-refractivity contribution is -0.0498. The minimum absolute atomic E-state index is 0.0579. The highest BCUT2D eigenvalue weighted by atomic mass is 19.3. The molecule has 0 N–H and O–H groups in total. The van der Waals surface area contributed by atoms with Crippen molar-refractivity contribution in [2.45, 2.75) is 6.61 Å². The molecule has 2 rings (SSSR count). The maximum absolute atomic E-state index is 12.1. The van der Waals surface area contributed by atoms with Crippen LogP contribution in [0.3, 0.4) is 0 Å². The molecule has 1 heterocycles. The van der Waals surface area contributed by atoms with Gasteiger partial charge in [-0.25, -0.2) is 4.79 Å². The molecule has 1 aromatic heterocycles. The van der Waals surface area contributed by atoms with Gasteiger partial charge in [-0.15, -0.1) is 0 Å². The molecule has 0 saturated heterocycles. The smallest absolute Gasteiger partial charge is 0.387 e. The van der Waals surface area contributed by atoms with E-state index in [-0.39, 0.29) is 16.9 Å². The molecule has 0 amide bonds. The van der Waals surface area contributed by atoms with Crippen LogP contribution in [-0.2, 0) is 14.1 Å². The van der Waals surface area contributed by atoms with Gasteiger partial charge in [0.05, 0.1) is 5.56 Å². The average molecular weight is 336 g/mol. The van der Waals surface area contributed by atoms with Crippen LogP contribution in [-0.4, -0.2) is 21.5 Å². The molecule has 1 aromatic carbocycles. The van der Waals surface area contributed by atoms with Crippen LogP contribution in [0.15, 0.2) is 46.1 Å². The van der Waals surface area contributed by atoms with E-state index in [9.17, 15) is 23.2 Å². The van der Waals surface area contributed by atoms with E-state index in [1.807, 2.05) is 0 Å². The molecular formula is C16H14F2N2O4. The van der Waals surface area contributed by atoms with Crippen LogP contribution in [0.2, 0.25) is 0 Å². The van der Waals surface area contributed by atoms with E-state index in [1.54, 1.807) is 0 Å². The third-order valence-corrected chi connectivity index (χ3v) is 3.25. The predicted molar refractivity (Wildman–Crippen MR) is 83.4 cm³/mol. The molecule has 0 radical (unpaired) electrons. The zero-order valence-corrected chi connectivity index (χ0v) is 12.9. The Morgan fingerprint density at radius 3 is 2.38 bits per heavy atom. The van der Waals surface area contributed by atoms with Crippen LogP contribution in [0.4, 0.5) is 8.78 Å². The van der Waals surface area contributed by atoms with Gasteiger partial charge in [0.1, 0.15) is 5.75 Å². The second-order valence-electron chi connectivity index (χ2n) is 4.94. The van der Waals surface area contributed by atoms with Crippen LogP contribution >= 0.6 is 0 Å². The van der Waals surface area contributed by atoms with E-state index in [1.165, 1.54) is 61.3 Å². The molecule has 0 atom stereocenters. The molecule has 0 aliphatic heterocycles. The normalized spacial score (nSPS) is 11.2. The standard InChI is InChI=1S/C16H14F2N2O4/c1-19-9-11(14(22)20(2)16(19)23)5-8-13(21)10-3-6-12(7-4-10)24-15(17)18/h3-9,15H,1-2H3/b8-5+. The molecule has 0 unspecified atom stereocenters. The summed E-state index contributed by atoms with van der Waals surface area (Å²) in [5.74, 6) is -0.480. The van der Waals surface area contributed by atoms with E-state index < -0.39 is 23.6 Å². The quantitative estimate of drug-likeness (QED) is 0.614. The second-order valence-corrected chi connectivity index (χ2v) is 4.94. The van der Waals surface area contributed by atoms with Crippen molar-refractivity contribution in [3.05, 3.63) is 68.5 Å². The first-order valence-corrected chi connectivity index (χ1v) is 6.83. The summed E-state index contributed by atoms with van der Waals surface area (Å²) in [6.07, 6.45) is 3.80. The number of nitrogens with zero attached hydrogens (tertiary/aromatic N) is 2. The molecule has 0 spiro atoms. The maximum Gasteiger partial charge on any atom is 0.387 e. The number of halogens is 2. The molecular weight excluding hydrogens is 322 g/mol. The maximum atomic E-state index is 12.1. The van der Waals surface area contributed by atoms with Gasteiger partial charge in [-0.1, -0.05) is 0 Å². The summed E-state index contributed by atoms with van der Waals surface area (Å²) in [7, 11) is 2.83. The summed E-state index contributed by atoms with van der Waals surface area (Å²) in [5.41, 5.74) is -0.582. The van der Waals surface area contributed by atoms with Gasteiger partial charge >= 0.3 is 12.3 Å². The van der Waals surface area contributed by atoms with Crippen molar-refractivity contribution in [1.29, 1.82) is 0 Å². The van der Waals surface area contributed by atoms with E-state index in [4.69, 9.17) is 0 Å². The minimum Gasteiger partial charge on any atom is -0.435 e. The highest BCUT2D eigenvalue weighted by molar-refractivity contribution is 6.06. The van der Waals surface area contributed by atoms with Crippen molar-refractivity contribution in [1.82, 2.24) is 9.13 Å². The lowest BCUT2D eigenvalue weighted by Gasteiger charge is -2.04. The summed E-state index contributed by atoms with van der Waals surface area (Å²) in [5, 5.41) is 0. The van der Waals surface area contributed by atoms with Crippen molar-refractivity contribution >= 4 is 11.9 Å². The molecule has 6 nitrogen and oxygen atoms in total. The van der Waals surface area contributed by atoms with E-state index >= 15 is 0 Å². The predicted octanol–water partition coefficient (Wildman–Crippen LogP) is 1.58. The van der Waals surface area contributed by atoms with Crippen LogP contribution in [0.5, 0.6) is 5.75 Å². The molecule has 8 heteroatoms. The molecule has 24 heavy (non-hydrogen) atoms. The fraction of sp³-hybridized carbons (Fsp3) is 0.188. The number of carbonyl (C=O) groups is 1. The number of ketones is 1. The Labute approximate surface area is 135 Å². The van der Waals surface area contributed by atoms with Gasteiger partial charge < -0.3 is 9.30 Å². The van der Waals surface area contributed by atoms with E-state index in [0.717, 1.165) is 4.57 Å². The number of allylic oxidation sites excluding steroid dienone is 1. The zero-order chi connectivity index (χ0) is 17.9. The number of rotatable bonds is 5. The summed E-state index contributed by atoms with van der Waals surface area (Å²) in [6.45, 7) is -2.94. The van der Waals surface area contributed by atoms with Crippen molar-refractivity contribution in [3.8, 4) is 5.75 Å². The molecule has 0 saturated carbocycles. The molecule has 2 aromatic rings. The first-order chi connectivity index (χ1) is 11.3. The Kier molecular flexibility index (Phi) is 5.08. The lowest BCUT2D eigenvalue weighted by atomic mass is 10.1. The first kappa shape index (κ1) is 17.3. The average Bonchev–Trinajstić information content (AvgIpc) is 2.55. The number of carbonyl (C=O) groups excluding carboxylic acids is 1. The molecule has 0 aliphatic rings. The summed E-state index contributed by atoms with van der Waals surface area (Å²) in [4.78, 5) is 35.6. The number of ether oxygens (including phenoxy) is 1. The molecule has 126 valence electrons. The van der Waals surface area contributed by atoms with E-state index in [2.05, 4.69) is 4.74 Å². The zero-order valence-electron chi connectivity index (χ0n) is 12.9. The fourth-order valence-electron chi connectivity index (χ4n) is 2.01. The second kappa shape index (κ2) is 7.03. The number of aryl methyl sites for hydroxylation is 1. The highest BCUT2D eigenvalue weighted by Gasteiger charge is 2.08. The number of hydrogen-bond donors (Lipinski definition) is 0. The SMILES string of the molecule is Cn1cc(/C=C/C(=O)c2ccc(OC(F)F)cc2)c(=O)n(C)c1=O. The Balaban J connectivity index is 2.22. The largest absolute Gasteiger partial charge is 0.435 e. The summed E-state index contributed by atoms with van der Waals surface area (Å²) in [6, 6.07) is 5.17. The number of alkyl halides is 2. The topological polar surface area (TPSA) is 70.3 Å². The van der Waals surface area contributed by atoms with Crippen molar-refractivity contribution in [2.75, 3.05) is 0 Å². The van der Waals surface area contributed by atoms with Crippen LogP contribution in [0.1, 0.15) is 15.9 Å². The Morgan fingerprint density at radius 2 is 1.79 bits per heavy atom. The number of aromatic nitrogens is 2. The third-order valence-electron chi connectivity index (χ3n) is 3.25. The van der Waals surface area contributed by atoms with Gasteiger partial charge in [0, 0.05) is 25.9 Å². The molecule has 0 aliphatic carbocycles. The third kappa shape index (κ3) is 3.83. The van der Waals surface area contributed by atoms with Gasteiger partial charge in [-0.05, 0) is 36.4 Å². The van der Waals surface area contributed by atoms with Gasteiger partial charge in [0.2, 0.25) is 0 Å². The molecule has 0 fully saturated rings. The minimum atomic E-state index is -2.94. The van der Waals surface area contributed by atoms with Gasteiger partial charge in [-0.2, -0.15) is 8.78 Å². The summed E-state index contributed by atoms with van der Waals surface area (Å²) < 4.78 is 30.5. The Hall–Kier alpha value is -3.03. The van der Waals surface area contributed by atoms with Crippen molar-refractivity contribution in [2.24, 2.45) is 14.1 Å². The Bertz CT molecular complexity index is 896. The fourth-order valence-corrected chi connectivity index (χ4v) is 2.01. The molecule has 0 bridgehead atoms. The first-order valence-electron chi connectivity index (χ1n) is 6.83. The van der Waals surface area contributed by atoms with Crippen molar-refractivity contribution in [3.63, 3.8) is 0 Å². The van der Waals surface area contributed by atoms with Crippen LogP contribution < -0.4 is 16.0 Å². The Morgan fingerprint density at radius 1 is 1.17 bits per heavy atom. The van der Waals surface area contributed by atoms with E-state index in [0.29, 0.717) is 0 Å². The monoisotopic (exact) mass is 336 g/mol. The number of hydrogen-bond acceptors (Lipinski definition) is 4. The van der Waals surface area contributed by atoms with Gasteiger partial charge in [0.15, 0.2) is 5.78 Å². The van der Waals surface area contributed by atoms with Crippen LogP contribution in [0.25, 0.3) is 6.08 Å². The lowest BCUT2D eigenvalue weighted by Crippen LogP contribution is -2.37. The number of benzene rings is 1. The van der Waals surface area contributed by atoms with Crippen LogP contribution in [0, 0.1) is 0 Å². The van der Waals surface area contributed by atoms with Crippen molar-refractivity contribution < 1.29 is 18.3 Å².